The number of nitrogens with zero attached hydrogens (tertiary/aromatic N) is 1. The van der Waals surface area contributed by atoms with Gasteiger partial charge in [-0.2, -0.15) is 0 Å². The van der Waals surface area contributed by atoms with Crippen LogP contribution in [0.5, 0.6) is 5.75 Å². The minimum absolute atomic E-state index is 0.256. The Morgan fingerprint density at radius 2 is 1.78 bits per heavy atom. The van der Waals surface area contributed by atoms with E-state index in [0.717, 1.165) is 21.7 Å². The summed E-state index contributed by atoms with van der Waals surface area (Å²) in [5, 5.41) is 3.09. The molecule has 0 aromatic heterocycles. The number of halogens is 1. The van der Waals surface area contributed by atoms with E-state index in [0.29, 0.717) is 11.4 Å². The maximum absolute atomic E-state index is 12.8. The van der Waals surface area contributed by atoms with Crippen LogP contribution in [0.15, 0.2) is 36.4 Å². The van der Waals surface area contributed by atoms with Gasteiger partial charge < -0.3 is 10.1 Å². The molecule has 2 rings (SSSR count). The number of para-hydroxylation sites is 1. The first-order valence-electron chi connectivity index (χ1n) is 8.26. The second kappa shape index (κ2) is 8.19. The second-order valence-corrected chi connectivity index (χ2v) is 8.58. The SMILES string of the molecule is COc1ccc(N([C@H](C)C(=O)Nc2c(C)cccc2C)S(C)(=O)=O)cc1Cl. The number of nitrogens with one attached hydrogen (secondary N) is 1. The Kier molecular flexibility index (Phi) is 6.38. The van der Waals surface area contributed by atoms with Gasteiger partial charge in [-0.3, -0.25) is 9.10 Å². The molecule has 0 bridgehead atoms. The number of ether oxygens (including phenoxy) is 1. The Morgan fingerprint density at radius 1 is 1.19 bits per heavy atom. The summed E-state index contributed by atoms with van der Waals surface area (Å²) >= 11 is 6.13. The van der Waals surface area contributed by atoms with Crippen molar-refractivity contribution >= 4 is 38.9 Å². The van der Waals surface area contributed by atoms with Crippen molar-refractivity contribution in [3.8, 4) is 5.75 Å². The van der Waals surface area contributed by atoms with Gasteiger partial charge in [0.2, 0.25) is 15.9 Å². The fraction of sp³-hybridized carbons (Fsp3) is 0.316. The first kappa shape index (κ1) is 21.1. The van der Waals surface area contributed by atoms with Gasteiger partial charge in [0, 0.05) is 5.69 Å². The van der Waals surface area contributed by atoms with Crippen molar-refractivity contribution in [3.05, 3.63) is 52.5 Å². The third-order valence-electron chi connectivity index (χ3n) is 4.21. The summed E-state index contributed by atoms with van der Waals surface area (Å²) in [6.45, 7) is 5.29. The number of methoxy groups -OCH3 is 1. The lowest BCUT2D eigenvalue weighted by Crippen LogP contribution is -2.45. The van der Waals surface area contributed by atoms with E-state index < -0.39 is 22.0 Å². The van der Waals surface area contributed by atoms with Crippen molar-refractivity contribution < 1.29 is 17.9 Å². The van der Waals surface area contributed by atoms with E-state index in [2.05, 4.69) is 5.32 Å². The maximum atomic E-state index is 12.8. The molecular weight excluding hydrogens is 388 g/mol. The van der Waals surface area contributed by atoms with E-state index >= 15 is 0 Å². The Labute approximate surface area is 165 Å². The molecule has 1 atom stereocenters. The van der Waals surface area contributed by atoms with Crippen molar-refractivity contribution in [1.82, 2.24) is 0 Å². The van der Waals surface area contributed by atoms with Crippen LogP contribution in [0, 0.1) is 13.8 Å². The number of carbonyl (C=O) groups excluding carboxylic acids is 1. The number of benzene rings is 2. The van der Waals surface area contributed by atoms with Gasteiger partial charge in [-0.15, -0.1) is 0 Å². The Morgan fingerprint density at radius 3 is 2.26 bits per heavy atom. The number of hydrogen-bond donors (Lipinski definition) is 1. The molecule has 1 amide bonds. The van der Waals surface area contributed by atoms with E-state index in [4.69, 9.17) is 16.3 Å². The van der Waals surface area contributed by atoms with Gasteiger partial charge in [0.25, 0.3) is 0 Å². The molecule has 6 nitrogen and oxygen atoms in total. The molecule has 0 heterocycles. The minimum atomic E-state index is -3.74. The predicted molar refractivity (Wildman–Crippen MR) is 109 cm³/mol. The number of carbonyl (C=O) groups is 1. The van der Waals surface area contributed by atoms with Crippen LogP contribution in [0.4, 0.5) is 11.4 Å². The molecule has 2 aromatic carbocycles. The summed E-state index contributed by atoms with van der Waals surface area (Å²) in [4.78, 5) is 12.8. The van der Waals surface area contributed by atoms with Gasteiger partial charge in [-0.05, 0) is 50.1 Å². The van der Waals surface area contributed by atoms with E-state index in [1.54, 1.807) is 12.1 Å². The minimum Gasteiger partial charge on any atom is -0.495 e. The number of sulfonamides is 1. The third-order valence-corrected chi connectivity index (χ3v) is 5.74. The highest BCUT2D eigenvalue weighted by atomic mass is 35.5. The molecule has 0 saturated heterocycles. The summed E-state index contributed by atoms with van der Waals surface area (Å²) in [6, 6.07) is 9.25. The zero-order valence-corrected chi connectivity index (χ0v) is 17.5. The van der Waals surface area contributed by atoms with Gasteiger partial charge in [0.1, 0.15) is 11.8 Å². The Hall–Kier alpha value is -2.25. The standard InChI is InChI=1S/C19H23ClN2O4S/c1-12-7-6-8-13(2)18(12)21-19(23)14(3)22(27(5,24)25)15-9-10-17(26-4)16(20)11-15/h6-11,14H,1-5H3,(H,21,23)/t14-/m1/s1. The number of anilines is 2. The topological polar surface area (TPSA) is 75.7 Å². The molecule has 0 radical (unpaired) electrons. The van der Waals surface area contributed by atoms with Crippen molar-refractivity contribution in [2.75, 3.05) is 23.0 Å². The zero-order chi connectivity index (χ0) is 20.4. The predicted octanol–water partition coefficient (Wildman–Crippen LogP) is 3.76. The van der Waals surface area contributed by atoms with Crippen molar-refractivity contribution in [2.45, 2.75) is 26.8 Å². The normalized spacial score (nSPS) is 12.4. The van der Waals surface area contributed by atoms with E-state index in [1.807, 2.05) is 32.0 Å². The maximum Gasteiger partial charge on any atom is 0.248 e. The van der Waals surface area contributed by atoms with Crippen molar-refractivity contribution in [1.29, 1.82) is 0 Å². The van der Waals surface area contributed by atoms with Gasteiger partial charge in [-0.25, -0.2) is 8.42 Å². The van der Waals surface area contributed by atoms with Crippen LogP contribution >= 0.6 is 11.6 Å². The highest BCUT2D eigenvalue weighted by Gasteiger charge is 2.30. The molecule has 0 spiro atoms. The second-order valence-electron chi connectivity index (χ2n) is 6.31. The molecule has 0 fully saturated rings. The fourth-order valence-corrected chi connectivity index (χ4v) is 4.26. The summed E-state index contributed by atoms with van der Waals surface area (Å²) in [5.74, 6) is -0.0220. The molecule has 0 unspecified atom stereocenters. The number of hydrogen-bond acceptors (Lipinski definition) is 4. The molecule has 0 aliphatic heterocycles. The summed E-state index contributed by atoms with van der Waals surface area (Å²) in [5.41, 5.74) is 2.76. The average Bonchev–Trinajstić information content (AvgIpc) is 2.57. The molecular formula is C19H23ClN2O4S. The van der Waals surface area contributed by atoms with Crippen LogP contribution in [0.25, 0.3) is 0 Å². The highest BCUT2D eigenvalue weighted by Crippen LogP contribution is 2.31. The third kappa shape index (κ3) is 4.73. The van der Waals surface area contributed by atoms with Crippen LogP contribution in [0.1, 0.15) is 18.1 Å². The van der Waals surface area contributed by atoms with Crippen LogP contribution in [0.2, 0.25) is 5.02 Å². The molecule has 0 saturated carbocycles. The Balaban J connectivity index is 2.39. The van der Waals surface area contributed by atoms with Gasteiger partial charge in [-0.1, -0.05) is 29.8 Å². The quantitative estimate of drug-likeness (QED) is 0.786. The molecule has 146 valence electrons. The zero-order valence-electron chi connectivity index (χ0n) is 15.9. The number of aryl methyl sites for hydroxylation is 2. The van der Waals surface area contributed by atoms with Gasteiger partial charge in [0.05, 0.1) is 24.1 Å². The Bertz CT molecular complexity index is 940. The smallest absolute Gasteiger partial charge is 0.248 e. The summed E-state index contributed by atoms with van der Waals surface area (Å²) in [6.07, 6.45) is 1.05. The van der Waals surface area contributed by atoms with E-state index in [-0.39, 0.29) is 10.7 Å². The summed E-state index contributed by atoms with van der Waals surface area (Å²) in [7, 11) is -2.27. The largest absolute Gasteiger partial charge is 0.495 e. The lowest BCUT2D eigenvalue weighted by atomic mass is 10.1. The lowest BCUT2D eigenvalue weighted by molar-refractivity contribution is -0.116. The molecule has 8 heteroatoms. The molecule has 27 heavy (non-hydrogen) atoms. The van der Waals surface area contributed by atoms with E-state index in [1.165, 1.54) is 20.1 Å². The van der Waals surface area contributed by atoms with Crippen molar-refractivity contribution in [3.63, 3.8) is 0 Å². The first-order chi connectivity index (χ1) is 12.6. The molecule has 2 aromatic rings. The van der Waals surface area contributed by atoms with Gasteiger partial charge in [0.15, 0.2) is 0 Å². The van der Waals surface area contributed by atoms with Crippen LogP contribution in [-0.2, 0) is 14.8 Å². The number of amides is 1. The molecule has 0 aliphatic carbocycles. The number of rotatable bonds is 6. The van der Waals surface area contributed by atoms with Crippen molar-refractivity contribution in [2.24, 2.45) is 0 Å². The molecule has 0 aliphatic rings. The van der Waals surface area contributed by atoms with Crippen LogP contribution in [-0.4, -0.2) is 33.7 Å². The highest BCUT2D eigenvalue weighted by molar-refractivity contribution is 7.92. The fourth-order valence-electron chi connectivity index (χ4n) is 2.84. The monoisotopic (exact) mass is 410 g/mol. The first-order valence-corrected chi connectivity index (χ1v) is 10.5. The molecule has 1 N–H and O–H groups in total. The van der Waals surface area contributed by atoms with Crippen LogP contribution < -0.4 is 14.4 Å². The average molecular weight is 411 g/mol. The van der Waals surface area contributed by atoms with Crippen LogP contribution in [0.3, 0.4) is 0 Å². The lowest BCUT2D eigenvalue weighted by Gasteiger charge is -2.29. The van der Waals surface area contributed by atoms with E-state index in [9.17, 15) is 13.2 Å². The summed E-state index contributed by atoms with van der Waals surface area (Å²) < 4.78 is 30.9. The van der Waals surface area contributed by atoms with Gasteiger partial charge >= 0.3 is 0 Å².